The topological polar surface area (TPSA) is 82.9 Å². The van der Waals surface area contributed by atoms with Crippen LogP contribution in [0.3, 0.4) is 0 Å². The molecule has 1 aliphatic heterocycles. The summed E-state index contributed by atoms with van der Waals surface area (Å²) in [5, 5.41) is 12.9. The molecule has 2 fully saturated rings. The van der Waals surface area contributed by atoms with Gasteiger partial charge >= 0.3 is 0 Å². The standard InChI is InChI=1S/C14H18N2O5/c1-19-13-6-11(21-16(17)18)4-5-12(13)20-14-9-2-3-10(14)8-15-7-9/h4-6,9-10,14-15H,2-3,7-8H2,1H3. The van der Waals surface area contributed by atoms with E-state index >= 15 is 0 Å². The monoisotopic (exact) mass is 294 g/mol. The van der Waals surface area contributed by atoms with Crippen molar-refractivity contribution in [1.29, 1.82) is 0 Å². The Morgan fingerprint density at radius 1 is 1.24 bits per heavy atom. The second-order valence-electron chi connectivity index (χ2n) is 5.47. The van der Waals surface area contributed by atoms with Crippen molar-refractivity contribution in [2.45, 2.75) is 18.9 Å². The quantitative estimate of drug-likeness (QED) is 0.656. The number of fused-ring (bicyclic) bond motifs is 2. The number of hydrogen-bond donors (Lipinski definition) is 1. The number of benzene rings is 1. The van der Waals surface area contributed by atoms with Crippen molar-refractivity contribution in [3.8, 4) is 17.2 Å². The minimum atomic E-state index is -0.845. The molecule has 114 valence electrons. The molecule has 7 nitrogen and oxygen atoms in total. The number of hydrogen-bond acceptors (Lipinski definition) is 6. The maximum absolute atomic E-state index is 10.4. The van der Waals surface area contributed by atoms with Gasteiger partial charge in [0, 0.05) is 31.0 Å². The Kier molecular flexibility index (Phi) is 3.83. The predicted octanol–water partition coefficient (Wildman–Crippen LogP) is 1.64. The van der Waals surface area contributed by atoms with Crippen LogP contribution < -0.4 is 19.6 Å². The van der Waals surface area contributed by atoms with E-state index in [1.807, 2.05) is 0 Å². The first kappa shape index (κ1) is 13.9. The van der Waals surface area contributed by atoms with Crippen molar-refractivity contribution >= 4 is 0 Å². The first-order chi connectivity index (χ1) is 10.2. The van der Waals surface area contributed by atoms with Crippen LogP contribution in [-0.2, 0) is 0 Å². The smallest absolute Gasteiger partial charge is 0.299 e. The summed E-state index contributed by atoms with van der Waals surface area (Å²) in [6.45, 7) is 1.96. The lowest BCUT2D eigenvalue weighted by atomic mass is 9.96. The van der Waals surface area contributed by atoms with Crippen LogP contribution in [0.15, 0.2) is 18.2 Å². The Morgan fingerprint density at radius 2 is 1.95 bits per heavy atom. The molecule has 0 spiro atoms. The number of methoxy groups -OCH3 is 1. The molecule has 2 aliphatic rings. The van der Waals surface area contributed by atoms with Crippen LogP contribution in [0.1, 0.15) is 12.8 Å². The van der Waals surface area contributed by atoms with Gasteiger partial charge in [-0.15, -0.1) is 10.1 Å². The van der Waals surface area contributed by atoms with E-state index < -0.39 is 5.09 Å². The van der Waals surface area contributed by atoms with Crippen LogP contribution in [0.4, 0.5) is 0 Å². The molecule has 7 heteroatoms. The Balaban J connectivity index is 1.77. The minimum absolute atomic E-state index is 0.123. The van der Waals surface area contributed by atoms with Crippen LogP contribution in [-0.4, -0.2) is 31.4 Å². The van der Waals surface area contributed by atoms with Crippen molar-refractivity contribution in [1.82, 2.24) is 5.32 Å². The van der Waals surface area contributed by atoms with Gasteiger partial charge in [0.05, 0.1) is 7.11 Å². The normalized spacial score (nSPS) is 27.2. The van der Waals surface area contributed by atoms with Crippen LogP contribution in [0, 0.1) is 22.0 Å². The van der Waals surface area contributed by atoms with E-state index in [2.05, 4.69) is 10.2 Å². The summed E-state index contributed by atoms with van der Waals surface area (Å²) in [5.74, 6) is 2.22. The molecule has 3 rings (SSSR count). The van der Waals surface area contributed by atoms with Gasteiger partial charge in [0.2, 0.25) is 0 Å². The molecule has 1 saturated heterocycles. The molecule has 1 heterocycles. The zero-order valence-corrected chi connectivity index (χ0v) is 11.8. The predicted molar refractivity (Wildman–Crippen MR) is 74.1 cm³/mol. The first-order valence-corrected chi connectivity index (χ1v) is 7.05. The molecular formula is C14H18N2O5. The SMILES string of the molecule is COc1cc(O[N+](=O)[O-])ccc1OC1C2CCC1CNC2. The number of nitrogens with one attached hydrogen (secondary N) is 1. The highest BCUT2D eigenvalue weighted by Crippen LogP contribution is 2.39. The third-order valence-corrected chi connectivity index (χ3v) is 4.23. The summed E-state index contributed by atoms with van der Waals surface area (Å²) in [6.07, 6.45) is 2.53. The molecule has 21 heavy (non-hydrogen) atoms. The maximum Gasteiger partial charge on any atom is 0.299 e. The van der Waals surface area contributed by atoms with Gasteiger partial charge in [-0.1, -0.05) is 0 Å². The van der Waals surface area contributed by atoms with Gasteiger partial charge in [-0.2, -0.15) is 0 Å². The van der Waals surface area contributed by atoms with Crippen molar-refractivity contribution in [3.63, 3.8) is 0 Å². The molecule has 1 N–H and O–H groups in total. The largest absolute Gasteiger partial charge is 0.493 e. The Morgan fingerprint density at radius 3 is 2.57 bits per heavy atom. The zero-order chi connectivity index (χ0) is 14.8. The average molecular weight is 294 g/mol. The van der Waals surface area contributed by atoms with Gasteiger partial charge in [-0.3, -0.25) is 4.84 Å². The van der Waals surface area contributed by atoms with E-state index in [-0.39, 0.29) is 11.9 Å². The molecular weight excluding hydrogens is 276 g/mol. The van der Waals surface area contributed by atoms with Gasteiger partial charge in [-0.05, 0) is 25.0 Å². The minimum Gasteiger partial charge on any atom is -0.493 e. The molecule has 1 saturated carbocycles. The maximum atomic E-state index is 10.4. The summed E-state index contributed by atoms with van der Waals surface area (Å²) in [7, 11) is 1.51. The van der Waals surface area contributed by atoms with E-state index in [0.29, 0.717) is 23.3 Å². The highest BCUT2D eigenvalue weighted by Gasteiger charge is 2.40. The van der Waals surface area contributed by atoms with E-state index in [0.717, 1.165) is 13.1 Å². The molecule has 1 aromatic carbocycles. The second kappa shape index (κ2) is 5.77. The lowest BCUT2D eigenvalue weighted by molar-refractivity contribution is -0.711. The highest BCUT2D eigenvalue weighted by molar-refractivity contribution is 5.45. The number of ether oxygens (including phenoxy) is 2. The third-order valence-electron chi connectivity index (χ3n) is 4.23. The van der Waals surface area contributed by atoms with Crippen molar-refractivity contribution in [3.05, 3.63) is 28.3 Å². The lowest BCUT2D eigenvalue weighted by Crippen LogP contribution is -2.44. The molecule has 0 radical (unpaired) electrons. The number of nitrogens with zero attached hydrogens (tertiary/aromatic N) is 1. The molecule has 2 bridgehead atoms. The zero-order valence-electron chi connectivity index (χ0n) is 11.8. The summed E-state index contributed by atoms with van der Waals surface area (Å²) < 4.78 is 11.4. The van der Waals surface area contributed by atoms with Crippen molar-refractivity contribution in [2.24, 2.45) is 11.8 Å². The van der Waals surface area contributed by atoms with E-state index in [9.17, 15) is 10.1 Å². The van der Waals surface area contributed by atoms with Gasteiger partial charge in [-0.25, -0.2) is 0 Å². The van der Waals surface area contributed by atoms with Gasteiger partial charge in [0.25, 0.3) is 5.09 Å². The van der Waals surface area contributed by atoms with Crippen molar-refractivity contribution in [2.75, 3.05) is 20.2 Å². The van der Waals surface area contributed by atoms with Crippen LogP contribution in [0.25, 0.3) is 0 Å². The van der Waals surface area contributed by atoms with Gasteiger partial charge in [0.1, 0.15) is 11.9 Å². The van der Waals surface area contributed by atoms with E-state index in [1.165, 1.54) is 32.1 Å². The first-order valence-electron chi connectivity index (χ1n) is 7.05. The average Bonchev–Trinajstić information content (AvgIpc) is 2.69. The van der Waals surface area contributed by atoms with E-state index in [1.54, 1.807) is 6.07 Å². The van der Waals surface area contributed by atoms with Crippen LogP contribution >= 0.6 is 0 Å². The second-order valence-corrected chi connectivity index (χ2v) is 5.47. The fourth-order valence-corrected chi connectivity index (χ4v) is 3.26. The fraction of sp³-hybridized carbons (Fsp3) is 0.571. The van der Waals surface area contributed by atoms with Crippen LogP contribution in [0.5, 0.6) is 17.2 Å². The molecule has 1 aromatic rings. The van der Waals surface area contributed by atoms with Gasteiger partial charge in [0.15, 0.2) is 11.5 Å². The third kappa shape index (κ3) is 2.87. The van der Waals surface area contributed by atoms with Crippen molar-refractivity contribution < 1.29 is 19.4 Å². The summed E-state index contributed by atoms with van der Waals surface area (Å²) in [5.41, 5.74) is 0. The Bertz CT molecular complexity index is 520. The number of rotatable bonds is 5. The Labute approximate surface area is 122 Å². The molecule has 2 atom stereocenters. The molecule has 2 unspecified atom stereocenters. The molecule has 0 aromatic heterocycles. The molecule has 1 aliphatic carbocycles. The fourth-order valence-electron chi connectivity index (χ4n) is 3.26. The lowest BCUT2D eigenvalue weighted by Gasteiger charge is -2.31. The van der Waals surface area contributed by atoms with E-state index in [4.69, 9.17) is 9.47 Å². The highest BCUT2D eigenvalue weighted by atomic mass is 17.0. The number of piperidine rings is 1. The van der Waals surface area contributed by atoms with Gasteiger partial charge < -0.3 is 14.8 Å². The summed E-state index contributed by atoms with van der Waals surface area (Å²) in [4.78, 5) is 14.8. The summed E-state index contributed by atoms with van der Waals surface area (Å²) >= 11 is 0. The molecule has 0 amide bonds. The van der Waals surface area contributed by atoms with Crippen LogP contribution in [0.2, 0.25) is 0 Å². The summed E-state index contributed by atoms with van der Waals surface area (Å²) in [6, 6.07) is 4.66. The Hall–Kier alpha value is -2.02.